The van der Waals surface area contributed by atoms with E-state index >= 15 is 0 Å². The van der Waals surface area contributed by atoms with Gasteiger partial charge in [-0.05, 0) is 33.6 Å². The molecule has 0 aliphatic carbocycles. The van der Waals surface area contributed by atoms with Gasteiger partial charge >= 0.3 is 13.7 Å². The Labute approximate surface area is 114 Å². The standard InChI is InChI=1S/C12H24NO5P/c1-6-16-19(15)8-9(2)10(7-17-19)13-11(14)18-12(3,4)5/h9-10H,6-8H2,1-5H3,(H,13,14)/t9-,10+,19?/m1/s1. The van der Waals surface area contributed by atoms with E-state index in [-0.39, 0.29) is 18.6 Å². The fourth-order valence-corrected chi connectivity index (χ4v) is 3.85. The molecule has 1 rings (SSSR count). The van der Waals surface area contributed by atoms with Crippen molar-refractivity contribution in [2.24, 2.45) is 5.92 Å². The highest BCUT2D eigenvalue weighted by molar-refractivity contribution is 7.53. The SMILES string of the molecule is CCOP1(=O)C[C@@H](C)[C@@H](NC(=O)OC(C)(C)C)CO1. The summed E-state index contributed by atoms with van der Waals surface area (Å²) in [5.74, 6) is 0.0126. The number of carbonyl (C=O) groups excluding carboxylic acids is 1. The summed E-state index contributed by atoms with van der Waals surface area (Å²) in [6.45, 7) is 9.63. The maximum Gasteiger partial charge on any atom is 0.407 e. The van der Waals surface area contributed by atoms with Gasteiger partial charge in [0.25, 0.3) is 0 Å². The number of carbonyl (C=O) groups is 1. The smallest absolute Gasteiger partial charge is 0.407 e. The molecule has 0 saturated carbocycles. The van der Waals surface area contributed by atoms with Gasteiger partial charge in [-0.3, -0.25) is 4.57 Å². The third-order valence-electron chi connectivity index (χ3n) is 2.68. The molecule has 0 spiro atoms. The fourth-order valence-electron chi connectivity index (χ4n) is 1.82. The Morgan fingerprint density at radius 3 is 2.58 bits per heavy atom. The van der Waals surface area contributed by atoms with Crippen molar-refractivity contribution >= 4 is 13.7 Å². The van der Waals surface area contributed by atoms with Gasteiger partial charge in [0, 0.05) is 0 Å². The maximum absolute atomic E-state index is 12.1. The molecule has 1 unspecified atom stereocenters. The normalized spacial score (nSPS) is 31.8. The molecule has 1 aliphatic heterocycles. The Balaban J connectivity index is 2.50. The lowest BCUT2D eigenvalue weighted by Crippen LogP contribution is -2.47. The molecule has 112 valence electrons. The van der Waals surface area contributed by atoms with Crippen molar-refractivity contribution in [2.75, 3.05) is 19.4 Å². The highest BCUT2D eigenvalue weighted by Gasteiger charge is 2.38. The van der Waals surface area contributed by atoms with Crippen LogP contribution in [0.3, 0.4) is 0 Å². The van der Waals surface area contributed by atoms with Gasteiger partial charge in [0.05, 0.1) is 25.4 Å². The van der Waals surface area contributed by atoms with E-state index in [1.165, 1.54) is 0 Å². The van der Waals surface area contributed by atoms with Crippen molar-refractivity contribution in [1.29, 1.82) is 0 Å². The summed E-state index contributed by atoms with van der Waals surface area (Å²) < 4.78 is 27.7. The molecule has 7 heteroatoms. The first-order valence-electron chi connectivity index (χ1n) is 6.53. The van der Waals surface area contributed by atoms with Crippen molar-refractivity contribution in [3.05, 3.63) is 0 Å². The van der Waals surface area contributed by atoms with Gasteiger partial charge in [-0.2, -0.15) is 0 Å². The monoisotopic (exact) mass is 293 g/mol. The topological polar surface area (TPSA) is 73.9 Å². The molecule has 19 heavy (non-hydrogen) atoms. The fraction of sp³-hybridized carbons (Fsp3) is 0.917. The number of hydrogen-bond acceptors (Lipinski definition) is 5. The number of ether oxygens (including phenoxy) is 1. The van der Waals surface area contributed by atoms with Crippen LogP contribution in [0.25, 0.3) is 0 Å². The van der Waals surface area contributed by atoms with Crippen molar-refractivity contribution in [3.8, 4) is 0 Å². The lowest BCUT2D eigenvalue weighted by atomic mass is 10.1. The van der Waals surface area contributed by atoms with Gasteiger partial charge in [-0.15, -0.1) is 0 Å². The zero-order valence-corrected chi connectivity index (χ0v) is 13.2. The van der Waals surface area contributed by atoms with Crippen LogP contribution in [-0.4, -0.2) is 37.1 Å². The molecule has 1 N–H and O–H groups in total. The van der Waals surface area contributed by atoms with Crippen molar-refractivity contribution in [3.63, 3.8) is 0 Å². The zero-order valence-electron chi connectivity index (χ0n) is 12.3. The first-order valence-corrected chi connectivity index (χ1v) is 8.25. The summed E-state index contributed by atoms with van der Waals surface area (Å²) in [6.07, 6.45) is -0.178. The molecule has 1 amide bonds. The molecule has 0 aromatic heterocycles. The third kappa shape index (κ3) is 5.51. The predicted octanol–water partition coefficient (Wildman–Crippen LogP) is 2.78. The largest absolute Gasteiger partial charge is 0.444 e. The molecule has 6 nitrogen and oxygen atoms in total. The zero-order chi connectivity index (χ0) is 14.7. The molecule has 0 aromatic rings. The number of alkyl carbamates (subject to hydrolysis) is 1. The van der Waals surface area contributed by atoms with Crippen LogP contribution in [0.2, 0.25) is 0 Å². The summed E-state index contributed by atoms with van der Waals surface area (Å²) in [4.78, 5) is 11.7. The summed E-state index contributed by atoms with van der Waals surface area (Å²) in [6, 6.07) is -0.211. The number of amides is 1. The van der Waals surface area contributed by atoms with Crippen LogP contribution in [-0.2, 0) is 18.3 Å². The van der Waals surface area contributed by atoms with Crippen LogP contribution >= 0.6 is 7.60 Å². The Morgan fingerprint density at radius 2 is 2.11 bits per heavy atom. The average Bonchev–Trinajstić information content (AvgIpc) is 2.20. The van der Waals surface area contributed by atoms with E-state index in [0.717, 1.165) is 0 Å². The number of hydrogen-bond donors (Lipinski definition) is 1. The van der Waals surface area contributed by atoms with Gasteiger partial charge in [0.1, 0.15) is 5.60 Å². The Morgan fingerprint density at radius 1 is 1.47 bits per heavy atom. The van der Waals surface area contributed by atoms with Gasteiger partial charge in [-0.1, -0.05) is 6.92 Å². The first kappa shape index (κ1) is 16.5. The minimum Gasteiger partial charge on any atom is -0.444 e. The van der Waals surface area contributed by atoms with Crippen molar-refractivity contribution in [2.45, 2.75) is 46.3 Å². The molecule has 0 aromatic carbocycles. The second-order valence-corrected chi connectivity index (χ2v) is 7.84. The highest BCUT2D eigenvalue weighted by Crippen LogP contribution is 2.52. The molecule has 0 bridgehead atoms. The van der Waals surface area contributed by atoms with Crippen LogP contribution in [0.5, 0.6) is 0 Å². The van der Waals surface area contributed by atoms with E-state index in [2.05, 4.69) is 5.32 Å². The number of rotatable bonds is 3. The third-order valence-corrected chi connectivity index (χ3v) is 4.89. The molecular weight excluding hydrogens is 269 g/mol. The summed E-state index contributed by atoms with van der Waals surface area (Å²) in [5.41, 5.74) is -0.538. The summed E-state index contributed by atoms with van der Waals surface area (Å²) in [7, 11) is -2.98. The van der Waals surface area contributed by atoms with Crippen LogP contribution in [0.4, 0.5) is 4.79 Å². The quantitative estimate of drug-likeness (QED) is 0.810. The molecule has 1 fully saturated rings. The number of nitrogens with one attached hydrogen (secondary N) is 1. The van der Waals surface area contributed by atoms with E-state index in [1.54, 1.807) is 27.7 Å². The molecule has 1 aliphatic rings. The summed E-state index contributed by atoms with van der Waals surface area (Å²) >= 11 is 0. The molecule has 1 saturated heterocycles. The van der Waals surface area contributed by atoms with Crippen LogP contribution in [0.15, 0.2) is 0 Å². The van der Waals surface area contributed by atoms with Gasteiger partial charge < -0.3 is 19.1 Å². The van der Waals surface area contributed by atoms with Gasteiger partial charge in [0.15, 0.2) is 0 Å². The van der Waals surface area contributed by atoms with Crippen LogP contribution < -0.4 is 5.32 Å². The highest BCUT2D eigenvalue weighted by atomic mass is 31.2. The maximum atomic E-state index is 12.1. The Kier molecular flexibility index (Phi) is 5.42. The van der Waals surface area contributed by atoms with E-state index in [9.17, 15) is 9.36 Å². The average molecular weight is 293 g/mol. The Hall–Kier alpha value is -0.580. The van der Waals surface area contributed by atoms with Crippen molar-refractivity contribution in [1.82, 2.24) is 5.32 Å². The second kappa shape index (κ2) is 6.25. The molecule has 1 heterocycles. The molecular formula is C12H24NO5P. The van der Waals surface area contributed by atoms with Gasteiger partial charge in [0.2, 0.25) is 0 Å². The van der Waals surface area contributed by atoms with E-state index in [4.69, 9.17) is 13.8 Å². The van der Waals surface area contributed by atoms with Crippen LogP contribution in [0, 0.1) is 5.92 Å². The minimum absolute atomic E-state index is 0.0126. The Bertz CT molecular complexity index is 366. The second-order valence-electron chi connectivity index (χ2n) is 5.74. The van der Waals surface area contributed by atoms with E-state index < -0.39 is 19.3 Å². The predicted molar refractivity (Wildman–Crippen MR) is 72.4 cm³/mol. The first-order chi connectivity index (χ1) is 8.65. The van der Waals surface area contributed by atoms with Crippen LogP contribution in [0.1, 0.15) is 34.6 Å². The van der Waals surface area contributed by atoms with Crippen molar-refractivity contribution < 1.29 is 23.1 Å². The summed E-state index contributed by atoms with van der Waals surface area (Å²) in [5, 5.41) is 2.74. The van der Waals surface area contributed by atoms with E-state index in [0.29, 0.717) is 12.8 Å². The lowest BCUT2D eigenvalue weighted by Gasteiger charge is -2.34. The lowest BCUT2D eigenvalue weighted by molar-refractivity contribution is 0.0445. The molecule has 3 atom stereocenters. The molecule has 0 radical (unpaired) electrons. The minimum atomic E-state index is -2.98. The van der Waals surface area contributed by atoms with E-state index in [1.807, 2.05) is 6.92 Å². The van der Waals surface area contributed by atoms with Gasteiger partial charge in [-0.25, -0.2) is 4.79 Å².